The molecule has 0 aliphatic carbocycles. The van der Waals surface area contributed by atoms with Crippen LogP contribution in [0.4, 0.5) is 4.39 Å². The maximum absolute atomic E-state index is 13.1. The summed E-state index contributed by atoms with van der Waals surface area (Å²) in [5, 5.41) is 0. The normalized spacial score (nSPS) is 13.2. The number of hydrogen-bond acceptors (Lipinski definition) is 2. The Morgan fingerprint density at radius 2 is 2.13 bits per heavy atom. The first kappa shape index (κ1) is 12.6. The standard InChI is InChI=1S/C11H15BrFNO/c1-7(2)15-11(6-14)9-5-8(13)3-4-10(9)12/h3-5,7,11H,6,14H2,1-2H3. The van der Waals surface area contributed by atoms with Crippen LogP contribution in [0.15, 0.2) is 22.7 Å². The Bertz CT molecular complexity index is 330. The molecule has 0 spiro atoms. The van der Waals surface area contributed by atoms with E-state index in [4.69, 9.17) is 10.5 Å². The van der Waals surface area contributed by atoms with E-state index in [0.29, 0.717) is 6.54 Å². The van der Waals surface area contributed by atoms with Crippen LogP contribution in [0.25, 0.3) is 0 Å². The Morgan fingerprint density at radius 3 is 2.67 bits per heavy atom. The van der Waals surface area contributed by atoms with Crippen LogP contribution in [-0.2, 0) is 4.74 Å². The van der Waals surface area contributed by atoms with E-state index in [1.54, 1.807) is 6.07 Å². The van der Waals surface area contributed by atoms with Crippen molar-refractivity contribution in [2.24, 2.45) is 5.73 Å². The smallest absolute Gasteiger partial charge is 0.123 e. The lowest BCUT2D eigenvalue weighted by Crippen LogP contribution is -2.19. The van der Waals surface area contributed by atoms with E-state index in [-0.39, 0.29) is 18.0 Å². The summed E-state index contributed by atoms with van der Waals surface area (Å²) in [6.45, 7) is 4.19. The molecule has 15 heavy (non-hydrogen) atoms. The minimum absolute atomic E-state index is 0.0636. The fraction of sp³-hybridized carbons (Fsp3) is 0.455. The lowest BCUT2D eigenvalue weighted by molar-refractivity contribution is 0.0114. The lowest BCUT2D eigenvalue weighted by Gasteiger charge is -2.20. The molecular weight excluding hydrogens is 261 g/mol. The molecule has 1 rings (SSSR count). The van der Waals surface area contributed by atoms with Crippen molar-refractivity contribution in [1.29, 1.82) is 0 Å². The van der Waals surface area contributed by atoms with Crippen molar-refractivity contribution in [2.75, 3.05) is 6.54 Å². The molecule has 0 bridgehead atoms. The molecule has 0 aliphatic heterocycles. The molecule has 1 aromatic carbocycles. The monoisotopic (exact) mass is 275 g/mol. The van der Waals surface area contributed by atoms with E-state index in [0.717, 1.165) is 10.0 Å². The van der Waals surface area contributed by atoms with Gasteiger partial charge in [0.1, 0.15) is 5.82 Å². The van der Waals surface area contributed by atoms with Crippen molar-refractivity contribution >= 4 is 15.9 Å². The summed E-state index contributed by atoms with van der Waals surface area (Å²) >= 11 is 3.36. The number of rotatable bonds is 4. The number of nitrogens with two attached hydrogens (primary N) is 1. The van der Waals surface area contributed by atoms with Crippen LogP contribution in [0.3, 0.4) is 0 Å². The molecule has 0 radical (unpaired) electrons. The van der Waals surface area contributed by atoms with E-state index >= 15 is 0 Å². The largest absolute Gasteiger partial charge is 0.370 e. The van der Waals surface area contributed by atoms with Crippen LogP contribution in [0.1, 0.15) is 25.5 Å². The van der Waals surface area contributed by atoms with Crippen LogP contribution in [0, 0.1) is 5.82 Å². The van der Waals surface area contributed by atoms with Gasteiger partial charge in [-0.2, -0.15) is 0 Å². The summed E-state index contributed by atoms with van der Waals surface area (Å²) in [6.07, 6.45) is -0.205. The van der Waals surface area contributed by atoms with Gasteiger partial charge in [0, 0.05) is 11.0 Å². The first-order chi connectivity index (χ1) is 7.04. The molecule has 2 N–H and O–H groups in total. The SMILES string of the molecule is CC(C)OC(CN)c1cc(F)ccc1Br. The molecule has 0 saturated carbocycles. The first-order valence-corrected chi connectivity index (χ1v) is 5.64. The molecule has 0 heterocycles. The number of halogens is 2. The van der Waals surface area contributed by atoms with Crippen molar-refractivity contribution in [3.05, 3.63) is 34.1 Å². The molecule has 0 fully saturated rings. The molecule has 1 atom stereocenters. The van der Waals surface area contributed by atoms with Gasteiger partial charge in [-0.1, -0.05) is 15.9 Å². The zero-order valence-corrected chi connectivity index (χ0v) is 10.4. The minimum atomic E-state index is -0.279. The first-order valence-electron chi connectivity index (χ1n) is 4.85. The zero-order chi connectivity index (χ0) is 11.4. The number of benzene rings is 1. The van der Waals surface area contributed by atoms with Crippen molar-refractivity contribution in [1.82, 2.24) is 0 Å². The predicted octanol–water partition coefficient (Wildman–Crippen LogP) is 3.01. The van der Waals surface area contributed by atoms with E-state index in [1.165, 1.54) is 12.1 Å². The van der Waals surface area contributed by atoms with Gasteiger partial charge < -0.3 is 10.5 Å². The second-order valence-corrected chi connectivity index (χ2v) is 4.43. The summed E-state index contributed by atoms with van der Waals surface area (Å²) in [5.41, 5.74) is 6.36. The van der Waals surface area contributed by atoms with E-state index < -0.39 is 0 Å². The molecule has 0 aliphatic rings. The van der Waals surface area contributed by atoms with Gasteiger partial charge in [0.25, 0.3) is 0 Å². The van der Waals surface area contributed by atoms with Crippen LogP contribution in [0.5, 0.6) is 0 Å². The maximum atomic E-state index is 13.1. The Balaban J connectivity index is 2.95. The molecular formula is C11H15BrFNO. The summed E-state index contributed by atoms with van der Waals surface area (Å²) in [6, 6.07) is 4.51. The minimum Gasteiger partial charge on any atom is -0.370 e. The molecule has 2 nitrogen and oxygen atoms in total. The highest BCUT2D eigenvalue weighted by atomic mass is 79.9. The Labute approximate surface area is 97.7 Å². The summed E-state index contributed by atoms with van der Waals surface area (Å²) < 4.78 is 19.5. The number of hydrogen-bond donors (Lipinski definition) is 1. The predicted molar refractivity (Wildman–Crippen MR) is 62.1 cm³/mol. The fourth-order valence-corrected chi connectivity index (χ4v) is 1.85. The van der Waals surface area contributed by atoms with Gasteiger partial charge in [0.2, 0.25) is 0 Å². The topological polar surface area (TPSA) is 35.2 Å². The van der Waals surface area contributed by atoms with Gasteiger partial charge in [0.15, 0.2) is 0 Å². The van der Waals surface area contributed by atoms with Gasteiger partial charge in [-0.25, -0.2) is 4.39 Å². The van der Waals surface area contributed by atoms with Crippen LogP contribution in [-0.4, -0.2) is 12.6 Å². The highest BCUT2D eigenvalue weighted by molar-refractivity contribution is 9.10. The summed E-state index contributed by atoms with van der Waals surface area (Å²) in [5.74, 6) is -0.279. The summed E-state index contributed by atoms with van der Waals surface area (Å²) in [7, 11) is 0. The molecule has 1 unspecified atom stereocenters. The van der Waals surface area contributed by atoms with Gasteiger partial charge >= 0.3 is 0 Å². The van der Waals surface area contributed by atoms with Gasteiger partial charge in [-0.05, 0) is 37.6 Å². The summed E-state index contributed by atoms with van der Waals surface area (Å²) in [4.78, 5) is 0. The molecule has 0 amide bonds. The highest BCUT2D eigenvalue weighted by Gasteiger charge is 2.15. The fourth-order valence-electron chi connectivity index (χ4n) is 1.35. The Kier molecular flexibility index (Phi) is 4.70. The van der Waals surface area contributed by atoms with Crippen LogP contribution >= 0.6 is 15.9 Å². The van der Waals surface area contributed by atoms with E-state index in [9.17, 15) is 4.39 Å². The van der Waals surface area contributed by atoms with E-state index in [2.05, 4.69) is 15.9 Å². The molecule has 84 valence electrons. The lowest BCUT2D eigenvalue weighted by atomic mass is 10.1. The zero-order valence-electron chi connectivity index (χ0n) is 8.84. The van der Waals surface area contributed by atoms with Crippen molar-refractivity contribution in [2.45, 2.75) is 26.1 Å². The molecule has 0 aromatic heterocycles. The number of ether oxygens (including phenoxy) is 1. The second kappa shape index (κ2) is 5.58. The second-order valence-electron chi connectivity index (χ2n) is 3.58. The van der Waals surface area contributed by atoms with Gasteiger partial charge in [-0.15, -0.1) is 0 Å². The third kappa shape index (κ3) is 3.55. The van der Waals surface area contributed by atoms with Crippen molar-refractivity contribution in [3.63, 3.8) is 0 Å². The maximum Gasteiger partial charge on any atom is 0.123 e. The van der Waals surface area contributed by atoms with Gasteiger partial charge in [-0.3, -0.25) is 0 Å². The van der Waals surface area contributed by atoms with Gasteiger partial charge in [0.05, 0.1) is 12.2 Å². The quantitative estimate of drug-likeness (QED) is 0.917. The average molecular weight is 276 g/mol. The highest BCUT2D eigenvalue weighted by Crippen LogP contribution is 2.27. The molecule has 1 aromatic rings. The van der Waals surface area contributed by atoms with E-state index in [1.807, 2.05) is 13.8 Å². The average Bonchev–Trinajstić information content (AvgIpc) is 2.18. The third-order valence-electron chi connectivity index (χ3n) is 1.96. The van der Waals surface area contributed by atoms with Crippen LogP contribution in [0.2, 0.25) is 0 Å². The third-order valence-corrected chi connectivity index (χ3v) is 2.68. The van der Waals surface area contributed by atoms with Crippen molar-refractivity contribution in [3.8, 4) is 0 Å². The molecule has 0 saturated heterocycles. The van der Waals surface area contributed by atoms with Crippen LogP contribution < -0.4 is 5.73 Å². The Morgan fingerprint density at radius 1 is 1.47 bits per heavy atom. The molecule has 4 heteroatoms. The van der Waals surface area contributed by atoms with Crippen molar-refractivity contribution < 1.29 is 9.13 Å². The Hall–Kier alpha value is -0.450.